The van der Waals surface area contributed by atoms with E-state index in [4.69, 9.17) is 0 Å². The van der Waals surface area contributed by atoms with Crippen molar-refractivity contribution in [3.8, 4) is 11.1 Å². The zero-order valence-corrected chi connectivity index (χ0v) is 16.1. The highest BCUT2D eigenvalue weighted by Crippen LogP contribution is 2.23. The van der Waals surface area contributed by atoms with Crippen LogP contribution in [0.1, 0.15) is 25.7 Å². The van der Waals surface area contributed by atoms with E-state index in [1.165, 1.54) is 0 Å². The number of carbonyl (C=O) groups excluding carboxylic acids is 2. The molecule has 146 valence electrons. The highest BCUT2D eigenvalue weighted by molar-refractivity contribution is 5.89. The molecule has 0 bridgehead atoms. The van der Waals surface area contributed by atoms with Crippen molar-refractivity contribution < 1.29 is 9.59 Å². The van der Waals surface area contributed by atoms with Gasteiger partial charge in [0, 0.05) is 38.3 Å². The van der Waals surface area contributed by atoms with Crippen LogP contribution in [-0.2, 0) is 4.79 Å². The van der Waals surface area contributed by atoms with E-state index in [2.05, 4.69) is 17.4 Å². The number of carbonyl (C=O) groups is 2. The topological polar surface area (TPSA) is 52.7 Å². The van der Waals surface area contributed by atoms with Gasteiger partial charge < -0.3 is 15.1 Å². The smallest absolute Gasteiger partial charge is 0.321 e. The fourth-order valence-electron chi connectivity index (χ4n) is 4.19. The summed E-state index contributed by atoms with van der Waals surface area (Å²) in [5.41, 5.74) is 3.10. The predicted molar refractivity (Wildman–Crippen MR) is 111 cm³/mol. The van der Waals surface area contributed by atoms with Crippen molar-refractivity contribution in [1.29, 1.82) is 0 Å². The molecule has 2 aliphatic rings. The van der Waals surface area contributed by atoms with E-state index in [9.17, 15) is 9.59 Å². The number of hydrogen-bond acceptors (Lipinski definition) is 2. The van der Waals surface area contributed by atoms with Crippen LogP contribution in [0.3, 0.4) is 0 Å². The Morgan fingerprint density at radius 1 is 0.964 bits per heavy atom. The summed E-state index contributed by atoms with van der Waals surface area (Å²) in [7, 11) is 0. The van der Waals surface area contributed by atoms with E-state index in [1.54, 1.807) is 0 Å². The van der Waals surface area contributed by atoms with E-state index in [0.29, 0.717) is 12.3 Å². The maximum Gasteiger partial charge on any atom is 0.321 e. The number of nitrogens with zero attached hydrogens (tertiary/aromatic N) is 2. The van der Waals surface area contributed by atoms with Gasteiger partial charge in [0.15, 0.2) is 0 Å². The molecular weight excluding hydrogens is 350 g/mol. The molecule has 0 aliphatic carbocycles. The zero-order valence-electron chi connectivity index (χ0n) is 16.1. The van der Waals surface area contributed by atoms with Gasteiger partial charge in [0.2, 0.25) is 5.91 Å². The second kappa shape index (κ2) is 8.46. The molecule has 2 heterocycles. The number of likely N-dealkylation sites (tertiary alicyclic amines) is 2. The quantitative estimate of drug-likeness (QED) is 0.867. The molecule has 5 heteroatoms. The Morgan fingerprint density at radius 3 is 2.43 bits per heavy atom. The van der Waals surface area contributed by atoms with Gasteiger partial charge in [-0.3, -0.25) is 4.79 Å². The molecular formula is C23H27N3O2. The summed E-state index contributed by atoms with van der Waals surface area (Å²) in [4.78, 5) is 28.4. The Kier molecular flexibility index (Phi) is 5.60. The summed E-state index contributed by atoms with van der Waals surface area (Å²) in [5, 5.41) is 3.02. The lowest BCUT2D eigenvalue weighted by Crippen LogP contribution is -2.45. The third-order valence-electron chi connectivity index (χ3n) is 5.70. The fraction of sp³-hybridized carbons (Fsp3) is 0.391. The van der Waals surface area contributed by atoms with E-state index in [0.717, 1.165) is 62.3 Å². The first-order chi connectivity index (χ1) is 13.7. The third-order valence-corrected chi connectivity index (χ3v) is 5.70. The van der Waals surface area contributed by atoms with Crippen LogP contribution in [0.4, 0.5) is 10.5 Å². The molecule has 5 nitrogen and oxygen atoms in total. The summed E-state index contributed by atoms with van der Waals surface area (Å²) in [6.07, 6.45) is 3.72. The van der Waals surface area contributed by atoms with E-state index >= 15 is 0 Å². The lowest BCUT2D eigenvalue weighted by Gasteiger charge is -2.34. The minimum atomic E-state index is -0.0510. The second-order valence-corrected chi connectivity index (χ2v) is 7.77. The van der Waals surface area contributed by atoms with Gasteiger partial charge in [0.05, 0.1) is 0 Å². The Balaban J connectivity index is 1.33. The number of rotatable bonds is 4. The molecule has 28 heavy (non-hydrogen) atoms. The van der Waals surface area contributed by atoms with Gasteiger partial charge in [-0.1, -0.05) is 42.5 Å². The molecule has 0 unspecified atom stereocenters. The zero-order chi connectivity index (χ0) is 19.3. The van der Waals surface area contributed by atoms with Gasteiger partial charge in [-0.15, -0.1) is 0 Å². The van der Waals surface area contributed by atoms with Crippen LogP contribution >= 0.6 is 0 Å². The van der Waals surface area contributed by atoms with Crippen LogP contribution in [0.2, 0.25) is 0 Å². The lowest BCUT2D eigenvalue weighted by molar-refractivity contribution is -0.128. The first-order valence-corrected chi connectivity index (χ1v) is 10.2. The molecule has 2 aromatic rings. The van der Waals surface area contributed by atoms with Crippen LogP contribution < -0.4 is 5.32 Å². The molecule has 0 saturated carbocycles. The van der Waals surface area contributed by atoms with Gasteiger partial charge in [0.1, 0.15) is 0 Å². The Labute approximate surface area is 166 Å². The number of hydrogen-bond donors (Lipinski definition) is 1. The number of amides is 3. The van der Waals surface area contributed by atoms with Crippen molar-refractivity contribution in [1.82, 2.24) is 9.80 Å². The normalized spacial score (nSPS) is 19.7. The number of benzene rings is 2. The Bertz CT molecular complexity index is 820. The summed E-state index contributed by atoms with van der Waals surface area (Å²) >= 11 is 0. The molecule has 2 aromatic carbocycles. The average Bonchev–Trinajstić information content (AvgIpc) is 3.14. The highest BCUT2D eigenvalue weighted by atomic mass is 16.2. The molecule has 1 N–H and O–H groups in total. The van der Waals surface area contributed by atoms with Crippen molar-refractivity contribution in [3.63, 3.8) is 0 Å². The van der Waals surface area contributed by atoms with E-state index in [1.807, 2.05) is 52.3 Å². The van der Waals surface area contributed by atoms with Gasteiger partial charge in [-0.05, 0) is 48.4 Å². The van der Waals surface area contributed by atoms with Crippen molar-refractivity contribution >= 4 is 17.6 Å². The van der Waals surface area contributed by atoms with Crippen LogP contribution in [0, 0.1) is 5.92 Å². The largest absolute Gasteiger partial charge is 0.342 e. The number of anilines is 1. The number of urea groups is 1. The maximum absolute atomic E-state index is 12.7. The van der Waals surface area contributed by atoms with Crippen molar-refractivity contribution in [3.05, 3.63) is 54.6 Å². The molecule has 4 rings (SSSR count). The summed E-state index contributed by atoms with van der Waals surface area (Å²) in [5.74, 6) is 0.641. The molecule has 0 aromatic heterocycles. The molecule has 2 fully saturated rings. The average molecular weight is 377 g/mol. The second-order valence-electron chi connectivity index (χ2n) is 7.77. The van der Waals surface area contributed by atoms with Crippen molar-refractivity contribution in [2.24, 2.45) is 5.92 Å². The number of piperidine rings is 1. The first-order valence-electron chi connectivity index (χ1n) is 10.2. The molecule has 0 radical (unpaired) electrons. The molecule has 1 atom stereocenters. The predicted octanol–water partition coefficient (Wildman–Crippen LogP) is 4.22. The SMILES string of the molecule is O=C1CCCN1C[C@H]1CCCN(C(=O)Nc2ccc(-c3ccccc3)cc2)C1. The molecule has 2 aliphatic heterocycles. The van der Waals surface area contributed by atoms with Crippen molar-refractivity contribution in [2.45, 2.75) is 25.7 Å². The van der Waals surface area contributed by atoms with Crippen LogP contribution in [0.15, 0.2) is 54.6 Å². The number of nitrogens with one attached hydrogen (secondary N) is 1. The first kappa shape index (κ1) is 18.5. The fourth-order valence-corrected chi connectivity index (χ4v) is 4.19. The highest BCUT2D eigenvalue weighted by Gasteiger charge is 2.28. The summed E-state index contributed by atoms with van der Waals surface area (Å²) < 4.78 is 0. The lowest BCUT2D eigenvalue weighted by atomic mass is 9.97. The van der Waals surface area contributed by atoms with E-state index in [-0.39, 0.29) is 11.9 Å². The molecule has 3 amide bonds. The Morgan fingerprint density at radius 2 is 1.71 bits per heavy atom. The standard InChI is InChI=1S/C23H27N3O2/c27-22-9-5-14-25(22)16-18-6-4-15-26(17-18)23(28)24-21-12-10-20(11-13-21)19-7-2-1-3-8-19/h1-3,7-8,10-13,18H,4-6,9,14-17H2,(H,24,28)/t18-/m1/s1. The minimum absolute atomic E-state index is 0.0510. The van der Waals surface area contributed by atoms with Gasteiger partial charge in [-0.25, -0.2) is 4.79 Å². The maximum atomic E-state index is 12.7. The summed E-state index contributed by atoms with van der Waals surface area (Å²) in [6.45, 7) is 3.15. The molecule has 2 saturated heterocycles. The van der Waals surface area contributed by atoms with Gasteiger partial charge in [-0.2, -0.15) is 0 Å². The third kappa shape index (κ3) is 4.35. The van der Waals surface area contributed by atoms with Crippen LogP contribution in [-0.4, -0.2) is 47.9 Å². The summed E-state index contributed by atoms with van der Waals surface area (Å²) in [6, 6.07) is 18.1. The van der Waals surface area contributed by atoms with Crippen molar-refractivity contribution in [2.75, 3.05) is 31.5 Å². The van der Waals surface area contributed by atoms with Crippen LogP contribution in [0.5, 0.6) is 0 Å². The van der Waals surface area contributed by atoms with E-state index < -0.39 is 0 Å². The van der Waals surface area contributed by atoms with Gasteiger partial charge >= 0.3 is 6.03 Å². The molecule has 0 spiro atoms. The Hall–Kier alpha value is -2.82. The minimum Gasteiger partial charge on any atom is -0.342 e. The van der Waals surface area contributed by atoms with Crippen LogP contribution in [0.25, 0.3) is 11.1 Å². The van der Waals surface area contributed by atoms with Gasteiger partial charge in [0.25, 0.3) is 0 Å². The monoisotopic (exact) mass is 377 g/mol.